The number of aryl methyl sites for hydroxylation is 1. The van der Waals surface area contributed by atoms with Crippen LogP contribution in [0.3, 0.4) is 0 Å². The van der Waals surface area contributed by atoms with Crippen molar-refractivity contribution in [1.82, 2.24) is 24.4 Å². The number of nitrogens with one attached hydrogen (secondary N) is 1. The summed E-state index contributed by atoms with van der Waals surface area (Å²) < 4.78 is 45.3. The highest BCUT2D eigenvalue weighted by Gasteiger charge is 2.29. The Morgan fingerprint density at radius 1 is 1.20 bits per heavy atom. The zero-order valence-electron chi connectivity index (χ0n) is 15.6. The van der Waals surface area contributed by atoms with E-state index in [9.17, 15) is 18.0 Å². The molecular weight excluding hydrogens is 423 g/mol. The van der Waals surface area contributed by atoms with Crippen molar-refractivity contribution in [1.29, 1.82) is 0 Å². The minimum atomic E-state index is -4.50. The van der Waals surface area contributed by atoms with Crippen LogP contribution in [-0.4, -0.2) is 37.2 Å². The number of benzene rings is 1. The Morgan fingerprint density at radius 2 is 2.00 bits per heavy atom. The van der Waals surface area contributed by atoms with Gasteiger partial charge in [0.25, 0.3) is 5.56 Å². The second kappa shape index (κ2) is 7.52. The Labute approximate surface area is 172 Å². The van der Waals surface area contributed by atoms with E-state index in [1.807, 2.05) is 6.92 Å². The number of hydrogen-bond acceptors (Lipinski definition) is 4. The molecule has 0 bridgehead atoms. The van der Waals surface area contributed by atoms with Crippen molar-refractivity contribution in [2.45, 2.75) is 19.6 Å². The third-order valence-corrected chi connectivity index (χ3v) is 4.74. The summed E-state index contributed by atoms with van der Waals surface area (Å²) in [5.74, 6) is -0.134. The minimum Gasteiger partial charge on any atom is -0.483 e. The molecule has 0 unspecified atom stereocenters. The summed E-state index contributed by atoms with van der Waals surface area (Å²) in [6.07, 6.45) is -1.30. The van der Waals surface area contributed by atoms with Gasteiger partial charge in [-0.25, -0.2) is 0 Å². The van der Waals surface area contributed by atoms with E-state index in [0.29, 0.717) is 29.0 Å². The molecule has 0 aliphatic rings. The van der Waals surface area contributed by atoms with Crippen LogP contribution in [0.4, 0.5) is 13.2 Å². The zero-order valence-corrected chi connectivity index (χ0v) is 16.3. The van der Waals surface area contributed by atoms with E-state index in [4.69, 9.17) is 16.3 Å². The smallest absolute Gasteiger partial charge is 0.422 e. The summed E-state index contributed by atoms with van der Waals surface area (Å²) in [6, 6.07) is 7.45. The average Bonchev–Trinajstić information content (AvgIpc) is 3.32. The molecule has 1 N–H and O–H groups in total. The van der Waals surface area contributed by atoms with E-state index in [1.165, 1.54) is 22.7 Å². The summed E-state index contributed by atoms with van der Waals surface area (Å²) in [6.45, 7) is 1.09. The lowest BCUT2D eigenvalue weighted by molar-refractivity contribution is -0.153. The van der Waals surface area contributed by atoms with Crippen LogP contribution < -0.4 is 10.3 Å². The Hall–Kier alpha value is -3.27. The third-order valence-electron chi connectivity index (χ3n) is 4.42. The molecule has 0 aliphatic carbocycles. The number of ether oxygens (including phenoxy) is 1. The molecule has 3 aromatic heterocycles. The van der Waals surface area contributed by atoms with Crippen LogP contribution in [0.2, 0.25) is 5.02 Å². The molecule has 30 heavy (non-hydrogen) atoms. The molecule has 0 spiro atoms. The number of fused-ring (bicyclic) bond motifs is 1. The first-order valence-electron chi connectivity index (χ1n) is 8.89. The summed E-state index contributed by atoms with van der Waals surface area (Å²) in [5.41, 5.74) is 2.28. The first kappa shape index (κ1) is 20.0. The number of aromatic amines is 1. The number of halogens is 4. The SMILES string of the molecule is CCn1nccc1-c1cnn2c(=O)cc(-c3ccc(Cl)c(OCC(F)(F)F)c3)[nH]c12. The van der Waals surface area contributed by atoms with Crippen LogP contribution in [0.25, 0.3) is 28.2 Å². The highest BCUT2D eigenvalue weighted by atomic mass is 35.5. The summed E-state index contributed by atoms with van der Waals surface area (Å²) in [5, 5.41) is 8.39. The maximum atomic E-state index is 12.6. The van der Waals surface area contributed by atoms with Gasteiger partial charge in [-0.15, -0.1) is 0 Å². The maximum Gasteiger partial charge on any atom is 0.422 e. The molecule has 0 saturated heterocycles. The summed E-state index contributed by atoms with van der Waals surface area (Å²) in [7, 11) is 0. The molecule has 0 saturated carbocycles. The molecule has 0 amide bonds. The van der Waals surface area contributed by atoms with Gasteiger partial charge in [0, 0.05) is 24.4 Å². The van der Waals surface area contributed by atoms with Crippen molar-refractivity contribution in [3.63, 3.8) is 0 Å². The average molecular weight is 438 g/mol. The predicted octanol–water partition coefficient (Wildman–Crippen LogP) is 4.17. The second-order valence-corrected chi connectivity index (χ2v) is 6.83. The van der Waals surface area contributed by atoms with E-state index < -0.39 is 18.3 Å². The standard InChI is InChI=1S/C19H15ClF3N5O2/c1-2-27-15(5-6-24-27)12-9-25-28-17(29)8-14(26-18(12)28)11-3-4-13(20)16(7-11)30-10-19(21,22)23/h3-9,26H,2,10H2,1H3. The molecule has 0 radical (unpaired) electrons. The van der Waals surface area contributed by atoms with E-state index in [2.05, 4.69) is 15.2 Å². The minimum absolute atomic E-state index is 0.0308. The van der Waals surface area contributed by atoms with Crippen LogP contribution in [0.5, 0.6) is 5.75 Å². The van der Waals surface area contributed by atoms with E-state index in [-0.39, 0.29) is 10.8 Å². The van der Waals surface area contributed by atoms with Crippen molar-refractivity contribution in [2.75, 3.05) is 6.61 Å². The van der Waals surface area contributed by atoms with Gasteiger partial charge >= 0.3 is 6.18 Å². The van der Waals surface area contributed by atoms with Gasteiger partial charge in [0.2, 0.25) is 0 Å². The number of alkyl halides is 3. The largest absolute Gasteiger partial charge is 0.483 e. The molecule has 4 aromatic rings. The van der Waals surface area contributed by atoms with E-state index >= 15 is 0 Å². The van der Waals surface area contributed by atoms with Gasteiger partial charge in [0.05, 0.1) is 28.2 Å². The van der Waals surface area contributed by atoms with Crippen LogP contribution in [0.15, 0.2) is 47.5 Å². The van der Waals surface area contributed by atoms with Gasteiger partial charge in [-0.05, 0) is 25.1 Å². The van der Waals surface area contributed by atoms with Crippen molar-refractivity contribution in [3.8, 4) is 28.3 Å². The number of nitrogens with zero attached hydrogens (tertiary/aromatic N) is 4. The van der Waals surface area contributed by atoms with Gasteiger partial charge < -0.3 is 9.72 Å². The van der Waals surface area contributed by atoms with Crippen LogP contribution >= 0.6 is 11.6 Å². The number of hydrogen-bond donors (Lipinski definition) is 1. The molecule has 156 valence electrons. The molecule has 11 heteroatoms. The van der Waals surface area contributed by atoms with Gasteiger partial charge in [0.1, 0.15) is 11.4 Å². The lowest BCUT2D eigenvalue weighted by atomic mass is 10.1. The van der Waals surface area contributed by atoms with Gasteiger partial charge in [0.15, 0.2) is 6.61 Å². The Balaban J connectivity index is 1.80. The van der Waals surface area contributed by atoms with E-state index in [0.717, 1.165) is 5.69 Å². The number of aromatic nitrogens is 5. The Bertz CT molecular complexity index is 1280. The van der Waals surface area contributed by atoms with Crippen molar-refractivity contribution in [3.05, 3.63) is 58.1 Å². The Morgan fingerprint density at radius 3 is 2.73 bits per heavy atom. The van der Waals surface area contributed by atoms with Gasteiger partial charge in [-0.2, -0.15) is 27.9 Å². The molecule has 0 aliphatic heterocycles. The molecule has 7 nitrogen and oxygen atoms in total. The maximum absolute atomic E-state index is 12.6. The predicted molar refractivity (Wildman–Crippen MR) is 105 cm³/mol. The van der Waals surface area contributed by atoms with Gasteiger partial charge in [-0.3, -0.25) is 9.48 Å². The highest BCUT2D eigenvalue weighted by molar-refractivity contribution is 6.32. The lowest BCUT2D eigenvalue weighted by Crippen LogP contribution is -2.19. The fourth-order valence-electron chi connectivity index (χ4n) is 3.08. The van der Waals surface area contributed by atoms with Crippen LogP contribution in [0, 0.1) is 0 Å². The first-order valence-corrected chi connectivity index (χ1v) is 9.27. The quantitative estimate of drug-likeness (QED) is 0.508. The lowest BCUT2D eigenvalue weighted by Gasteiger charge is -2.12. The summed E-state index contributed by atoms with van der Waals surface area (Å²) in [4.78, 5) is 15.7. The van der Waals surface area contributed by atoms with E-state index in [1.54, 1.807) is 29.2 Å². The fraction of sp³-hybridized carbons (Fsp3) is 0.211. The van der Waals surface area contributed by atoms with Crippen LogP contribution in [0.1, 0.15) is 6.92 Å². The van der Waals surface area contributed by atoms with Crippen molar-refractivity contribution >= 4 is 17.2 Å². The summed E-state index contributed by atoms with van der Waals surface area (Å²) >= 11 is 5.96. The van der Waals surface area contributed by atoms with Crippen LogP contribution in [-0.2, 0) is 6.54 Å². The Kier molecular flexibility index (Phi) is 5.02. The fourth-order valence-corrected chi connectivity index (χ4v) is 3.25. The molecular formula is C19H15ClF3N5O2. The van der Waals surface area contributed by atoms with Crippen molar-refractivity contribution < 1.29 is 17.9 Å². The first-order chi connectivity index (χ1) is 14.3. The van der Waals surface area contributed by atoms with Gasteiger partial charge in [-0.1, -0.05) is 17.7 Å². The highest BCUT2D eigenvalue weighted by Crippen LogP contribution is 2.32. The molecule has 0 atom stereocenters. The third kappa shape index (κ3) is 3.78. The molecule has 3 heterocycles. The van der Waals surface area contributed by atoms with Crippen molar-refractivity contribution in [2.24, 2.45) is 0 Å². The second-order valence-electron chi connectivity index (χ2n) is 6.42. The zero-order chi connectivity index (χ0) is 21.5. The molecule has 1 aromatic carbocycles. The molecule has 0 fully saturated rings. The number of rotatable bonds is 5. The molecule has 4 rings (SSSR count). The monoisotopic (exact) mass is 437 g/mol. The topological polar surface area (TPSA) is 77.2 Å². The number of H-pyrrole nitrogens is 1. The normalized spacial score (nSPS) is 11.9.